The van der Waals surface area contributed by atoms with E-state index in [4.69, 9.17) is 11.6 Å². The van der Waals surface area contributed by atoms with E-state index in [2.05, 4.69) is 15.2 Å². The minimum absolute atomic E-state index is 0.307. The summed E-state index contributed by atoms with van der Waals surface area (Å²) in [6, 6.07) is 7.51. The van der Waals surface area contributed by atoms with Crippen LogP contribution in [0.4, 0.5) is 0 Å². The van der Waals surface area contributed by atoms with Crippen LogP contribution in [0.5, 0.6) is 0 Å². The van der Waals surface area contributed by atoms with Crippen LogP contribution in [0, 0.1) is 5.92 Å². The molecule has 5 nitrogen and oxygen atoms in total. The fourth-order valence-electron chi connectivity index (χ4n) is 3.04. The quantitative estimate of drug-likeness (QED) is 0.940. The van der Waals surface area contributed by atoms with Crippen LogP contribution in [0.3, 0.4) is 0 Å². The maximum absolute atomic E-state index is 10.5. The van der Waals surface area contributed by atoms with Crippen LogP contribution in [0.15, 0.2) is 30.5 Å². The van der Waals surface area contributed by atoms with Crippen LogP contribution >= 0.6 is 11.6 Å². The molecule has 22 heavy (non-hydrogen) atoms. The minimum Gasteiger partial charge on any atom is -0.388 e. The second-order valence-corrected chi connectivity index (χ2v) is 6.40. The first kappa shape index (κ1) is 15.5. The lowest BCUT2D eigenvalue weighted by Gasteiger charge is -2.34. The lowest BCUT2D eigenvalue weighted by molar-refractivity contribution is 0.0561. The fraction of sp³-hybridized carbons (Fsp3) is 0.500. The van der Waals surface area contributed by atoms with Crippen molar-refractivity contribution in [3.8, 4) is 0 Å². The Hall–Kier alpha value is -1.43. The van der Waals surface area contributed by atoms with Crippen molar-refractivity contribution in [2.45, 2.75) is 25.5 Å². The number of hydrogen-bond donors (Lipinski definition) is 1. The summed E-state index contributed by atoms with van der Waals surface area (Å²) >= 11 is 5.90. The molecule has 1 aromatic heterocycles. The Morgan fingerprint density at radius 1 is 1.27 bits per heavy atom. The Bertz CT molecular complexity index is 605. The molecular weight excluding hydrogens is 300 g/mol. The van der Waals surface area contributed by atoms with E-state index in [9.17, 15) is 5.11 Å². The second kappa shape index (κ2) is 6.77. The molecule has 0 saturated carbocycles. The van der Waals surface area contributed by atoms with Gasteiger partial charge < -0.3 is 5.11 Å². The summed E-state index contributed by atoms with van der Waals surface area (Å²) in [4.78, 5) is 2.39. The standard InChI is InChI=1S/C16H21ClN4O/c1-20-15(10-18-19-20)11-21-8-6-13(7-9-21)16(22)12-2-4-14(17)5-3-12/h2-5,10,13,16,22H,6-9,11H2,1H3. The zero-order valence-electron chi connectivity index (χ0n) is 12.7. The zero-order chi connectivity index (χ0) is 15.5. The number of aryl methyl sites for hydroxylation is 1. The van der Waals surface area contributed by atoms with Gasteiger partial charge in [0.15, 0.2) is 0 Å². The summed E-state index contributed by atoms with van der Waals surface area (Å²) in [5.74, 6) is 0.307. The lowest BCUT2D eigenvalue weighted by Crippen LogP contribution is -2.35. The van der Waals surface area contributed by atoms with Gasteiger partial charge in [0.1, 0.15) is 0 Å². The molecular formula is C16H21ClN4O. The van der Waals surface area contributed by atoms with Crippen molar-refractivity contribution in [2.75, 3.05) is 13.1 Å². The number of hydrogen-bond acceptors (Lipinski definition) is 4. The average molecular weight is 321 g/mol. The smallest absolute Gasteiger partial charge is 0.0819 e. The predicted octanol–water partition coefficient (Wildman–Crippen LogP) is 2.41. The van der Waals surface area contributed by atoms with Gasteiger partial charge in [-0.2, -0.15) is 0 Å². The largest absolute Gasteiger partial charge is 0.388 e. The van der Waals surface area contributed by atoms with E-state index in [-0.39, 0.29) is 0 Å². The molecule has 6 heteroatoms. The maximum Gasteiger partial charge on any atom is 0.0819 e. The van der Waals surface area contributed by atoms with Gasteiger partial charge in [0.2, 0.25) is 0 Å². The Labute approximate surface area is 135 Å². The van der Waals surface area contributed by atoms with Crippen molar-refractivity contribution < 1.29 is 5.11 Å². The SMILES string of the molecule is Cn1nncc1CN1CCC(C(O)c2ccc(Cl)cc2)CC1. The second-order valence-electron chi connectivity index (χ2n) is 5.96. The van der Waals surface area contributed by atoms with Gasteiger partial charge in [-0.3, -0.25) is 9.58 Å². The number of aromatic nitrogens is 3. The fourth-order valence-corrected chi connectivity index (χ4v) is 3.17. The molecule has 1 aliphatic heterocycles. The number of aliphatic hydroxyl groups is 1. The van der Waals surface area contributed by atoms with Gasteiger partial charge in [-0.05, 0) is 49.5 Å². The van der Waals surface area contributed by atoms with Crippen molar-refractivity contribution in [1.82, 2.24) is 19.9 Å². The van der Waals surface area contributed by atoms with Crippen molar-refractivity contribution in [3.63, 3.8) is 0 Å². The van der Waals surface area contributed by atoms with Gasteiger partial charge in [-0.1, -0.05) is 28.9 Å². The molecule has 3 rings (SSSR count). The van der Waals surface area contributed by atoms with Gasteiger partial charge in [-0.25, -0.2) is 0 Å². The molecule has 2 aromatic rings. The number of halogens is 1. The lowest BCUT2D eigenvalue weighted by atomic mass is 9.87. The third-order valence-corrected chi connectivity index (χ3v) is 4.74. The summed E-state index contributed by atoms with van der Waals surface area (Å²) < 4.78 is 1.81. The Kier molecular flexibility index (Phi) is 4.76. The molecule has 1 unspecified atom stereocenters. The Morgan fingerprint density at radius 3 is 2.55 bits per heavy atom. The number of rotatable bonds is 4. The highest BCUT2D eigenvalue weighted by molar-refractivity contribution is 6.30. The minimum atomic E-state index is -0.405. The van der Waals surface area contributed by atoms with E-state index >= 15 is 0 Å². The van der Waals surface area contributed by atoms with Crippen LogP contribution < -0.4 is 0 Å². The van der Waals surface area contributed by atoms with Crippen molar-refractivity contribution in [1.29, 1.82) is 0 Å². The number of piperidine rings is 1. The molecule has 1 fully saturated rings. The molecule has 1 atom stereocenters. The molecule has 118 valence electrons. The van der Waals surface area contributed by atoms with Gasteiger partial charge in [-0.15, -0.1) is 5.10 Å². The Morgan fingerprint density at radius 2 is 1.95 bits per heavy atom. The molecule has 0 spiro atoms. The molecule has 1 N–H and O–H groups in total. The van der Waals surface area contributed by atoms with E-state index in [0.717, 1.165) is 43.7 Å². The van der Waals surface area contributed by atoms with Crippen LogP contribution in [0.25, 0.3) is 0 Å². The van der Waals surface area contributed by atoms with Crippen LogP contribution in [-0.4, -0.2) is 38.1 Å². The normalized spacial score (nSPS) is 18.5. The predicted molar refractivity (Wildman–Crippen MR) is 85.4 cm³/mol. The molecule has 1 aliphatic rings. The molecule has 0 bridgehead atoms. The molecule has 2 heterocycles. The van der Waals surface area contributed by atoms with E-state index in [1.165, 1.54) is 0 Å². The third-order valence-electron chi connectivity index (χ3n) is 4.48. The Balaban J connectivity index is 1.55. The zero-order valence-corrected chi connectivity index (χ0v) is 13.4. The third kappa shape index (κ3) is 3.48. The molecule has 0 amide bonds. The van der Waals surface area contributed by atoms with E-state index in [1.807, 2.05) is 42.2 Å². The van der Waals surface area contributed by atoms with Crippen molar-refractivity contribution in [3.05, 3.63) is 46.7 Å². The summed E-state index contributed by atoms with van der Waals surface area (Å²) in [5, 5.41) is 19.1. The first-order valence-electron chi connectivity index (χ1n) is 7.63. The summed E-state index contributed by atoms with van der Waals surface area (Å²) in [6.45, 7) is 2.84. The highest BCUT2D eigenvalue weighted by Crippen LogP contribution is 2.31. The molecule has 0 radical (unpaired) electrons. The monoisotopic (exact) mass is 320 g/mol. The highest BCUT2D eigenvalue weighted by Gasteiger charge is 2.26. The van der Waals surface area contributed by atoms with Gasteiger partial charge in [0.05, 0.1) is 18.0 Å². The van der Waals surface area contributed by atoms with Gasteiger partial charge >= 0.3 is 0 Å². The van der Waals surface area contributed by atoms with Crippen LogP contribution in [0.2, 0.25) is 5.02 Å². The van der Waals surface area contributed by atoms with Crippen LogP contribution in [0.1, 0.15) is 30.2 Å². The highest BCUT2D eigenvalue weighted by atomic mass is 35.5. The van der Waals surface area contributed by atoms with E-state index < -0.39 is 6.10 Å². The van der Waals surface area contributed by atoms with Crippen molar-refractivity contribution in [2.24, 2.45) is 13.0 Å². The van der Waals surface area contributed by atoms with Crippen molar-refractivity contribution >= 4 is 11.6 Å². The molecule has 1 aromatic carbocycles. The van der Waals surface area contributed by atoms with E-state index in [0.29, 0.717) is 10.9 Å². The number of benzene rings is 1. The maximum atomic E-state index is 10.5. The summed E-state index contributed by atoms with van der Waals surface area (Å²) in [5.41, 5.74) is 2.08. The number of aliphatic hydroxyl groups excluding tert-OH is 1. The topological polar surface area (TPSA) is 54.2 Å². The van der Waals surface area contributed by atoms with E-state index in [1.54, 1.807) is 0 Å². The van der Waals surface area contributed by atoms with Crippen LogP contribution in [-0.2, 0) is 13.6 Å². The summed E-state index contributed by atoms with van der Waals surface area (Å²) in [7, 11) is 1.92. The number of nitrogens with zero attached hydrogens (tertiary/aromatic N) is 4. The van der Waals surface area contributed by atoms with Gasteiger partial charge in [0, 0.05) is 18.6 Å². The molecule has 0 aliphatic carbocycles. The first-order chi connectivity index (χ1) is 10.6. The average Bonchev–Trinajstić information content (AvgIpc) is 2.93. The van der Waals surface area contributed by atoms with Gasteiger partial charge in [0.25, 0.3) is 0 Å². The molecule has 1 saturated heterocycles. The first-order valence-corrected chi connectivity index (χ1v) is 8.00. The summed E-state index contributed by atoms with van der Waals surface area (Å²) in [6.07, 6.45) is 3.40. The number of likely N-dealkylation sites (tertiary alicyclic amines) is 1.